The molecular formula is C11H21NO3. The summed E-state index contributed by atoms with van der Waals surface area (Å²) in [5.74, 6) is 0.0466. The van der Waals surface area contributed by atoms with Crippen LogP contribution in [0, 0.1) is 0 Å². The average molecular weight is 215 g/mol. The van der Waals surface area contributed by atoms with Crippen LogP contribution in [0.3, 0.4) is 0 Å². The summed E-state index contributed by atoms with van der Waals surface area (Å²) < 4.78 is 10.3. The second-order valence-electron chi connectivity index (χ2n) is 3.12. The molecule has 0 unspecified atom stereocenters. The molecule has 0 aliphatic carbocycles. The van der Waals surface area contributed by atoms with Gasteiger partial charge in [0, 0.05) is 6.54 Å². The fourth-order valence-corrected chi connectivity index (χ4v) is 0.879. The van der Waals surface area contributed by atoms with E-state index in [9.17, 15) is 4.79 Å². The molecule has 0 aromatic rings. The van der Waals surface area contributed by atoms with E-state index in [4.69, 9.17) is 9.47 Å². The number of carbonyl (C=O) groups is 1. The molecule has 0 fully saturated rings. The van der Waals surface area contributed by atoms with E-state index in [1.165, 1.54) is 6.92 Å². The van der Waals surface area contributed by atoms with E-state index < -0.39 is 0 Å². The molecule has 0 aromatic carbocycles. The van der Waals surface area contributed by atoms with E-state index in [0.29, 0.717) is 19.8 Å². The molecule has 0 aromatic heterocycles. The molecule has 0 aliphatic heterocycles. The van der Waals surface area contributed by atoms with Crippen LogP contribution in [0.2, 0.25) is 0 Å². The summed E-state index contributed by atoms with van der Waals surface area (Å²) in [7, 11) is 0. The van der Waals surface area contributed by atoms with Gasteiger partial charge in [-0.15, -0.1) is 0 Å². The molecular weight excluding hydrogens is 194 g/mol. The van der Waals surface area contributed by atoms with Crippen LogP contribution in [0.25, 0.3) is 0 Å². The SMILES string of the molecule is CCNCCOC/C=C\COCC(C)=O. The van der Waals surface area contributed by atoms with Gasteiger partial charge in [-0.25, -0.2) is 0 Å². The first-order valence-corrected chi connectivity index (χ1v) is 5.28. The molecule has 0 radical (unpaired) electrons. The van der Waals surface area contributed by atoms with Gasteiger partial charge in [-0.05, 0) is 13.5 Å². The molecule has 4 heteroatoms. The van der Waals surface area contributed by atoms with Crippen molar-refractivity contribution >= 4 is 5.78 Å². The van der Waals surface area contributed by atoms with Gasteiger partial charge in [0.15, 0.2) is 5.78 Å². The zero-order valence-corrected chi connectivity index (χ0v) is 9.62. The summed E-state index contributed by atoms with van der Waals surface area (Å²) in [6.45, 7) is 7.38. The standard InChI is InChI=1S/C11H21NO3/c1-3-12-6-9-14-7-4-5-8-15-10-11(2)13/h4-5,12H,3,6-10H2,1-2H3/b5-4-. The predicted molar refractivity (Wildman–Crippen MR) is 60.0 cm³/mol. The van der Waals surface area contributed by atoms with Gasteiger partial charge in [0.05, 0.1) is 19.8 Å². The maximum absolute atomic E-state index is 10.5. The quantitative estimate of drug-likeness (QED) is 0.432. The van der Waals surface area contributed by atoms with Crippen molar-refractivity contribution in [3.05, 3.63) is 12.2 Å². The highest BCUT2D eigenvalue weighted by Gasteiger charge is 1.89. The van der Waals surface area contributed by atoms with Gasteiger partial charge in [0.25, 0.3) is 0 Å². The van der Waals surface area contributed by atoms with E-state index >= 15 is 0 Å². The second kappa shape index (κ2) is 11.4. The molecule has 4 nitrogen and oxygen atoms in total. The number of Topliss-reactive ketones (excluding diaryl/α,β-unsaturated/α-hetero) is 1. The highest BCUT2D eigenvalue weighted by atomic mass is 16.5. The first-order chi connectivity index (χ1) is 7.27. The third-order valence-electron chi connectivity index (χ3n) is 1.57. The minimum Gasteiger partial charge on any atom is -0.376 e. The van der Waals surface area contributed by atoms with Crippen molar-refractivity contribution in [2.45, 2.75) is 13.8 Å². The van der Waals surface area contributed by atoms with E-state index in [1.54, 1.807) is 0 Å². The number of rotatable bonds is 10. The van der Waals surface area contributed by atoms with E-state index in [-0.39, 0.29) is 12.4 Å². The zero-order valence-electron chi connectivity index (χ0n) is 9.62. The van der Waals surface area contributed by atoms with Crippen molar-refractivity contribution in [1.29, 1.82) is 0 Å². The van der Waals surface area contributed by atoms with E-state index in [0.717, 1.165) is 13.1 Å². The molecule has 0 heterocycles. The van der Waals surface area contributed by atoms with Crippen molar-refractivity contribution in [3.63, 3.8) is 0 Å². The number of ether oxygens (including phenoxy) is 2. The maximum Gasteiger partial charge on any atom is 0.155 e. The molecule has 0 atom stereocenters. The Morgan fingerprint density at radius 3 is 2.53 bits per heavy atom. The van der Waals surface area contributed by atoms with Crippen LogP contribution in [0.15, 0.2) is 12.2 Å². The monoisotopic (exact) mass is 215 g/mol. The predicted octanol–water partition coefficient (Wildman–Crippen LogP) is 0.774. The Kier molecular flexibility index (Phi) is 10.8. The topological polar surface area (TPSA) is 47.6 Å². The maximum atomic E-state index is 10.5. The van der Waals surface area contributed by atoms with Crippen LogP contribution in [0.1, 0.15) is 13.8 Å². The van der Waals surface area contributed by atoms with Crippen molar-refractivity contribution in [2.24, 2.45) is 0 Å². The van der Waals surface area contributed by atoms with Crippen molar-refractivity contribution in [1.82, 2.24) is 5.32 Å². The summed E-state index contributed by atoms with van der Waals surface area (Å²) in [4.78, 5) is 10.5. The molecule has 0 aliphatic rings. The highest BCUT2D eigenvalue weighted by molar-refractivity contribution is 5.76. The Morgan fingerprint density at radius 1 is 1.27 bits per heavy atom. The third-order valence-corrected chi connectivity index (χ3v) is 1.57. The highest BCUT2D eigenvalue weighted by Crippen LogP contribution is 1.81. The molecule has 0 spiro atoms. The first kappa shape index (κ1) is 14.3. The summed E-state index contributed by atoms with van der Waals surface area (Å²) in [5.41, 5.74) is 0. The third kappa shape index (κ3) is 13.3. The molecule has 0 rings (SSSR count). The number of carbonyl (C=O) groups excluding carboxylic acids is 1. The average Bonchev–Trinajstić information content (AvgIpc) is 2.20. The number of nitrogens with one attached hydrogen (secondary N) is 1. The van der Waals surface area contributed by atoms with Gasteiger partial charge in [0.1, 0.15) is 6.61 Å². The van der Waals surface area contributed by atoms with Crippen LogP contribution >= 0.6 is 0 Å². The lowest BCUT2D eigenvalue weighted by Gasteiger charge is -2.01. The van der Waals surface area contributed by atoms with Gasteiger partial charge in [0.2, 0.25) is 0 Å². The Morgan fingerprint density at radius 2 is 1.93 bits per heavy atom. The second-order valence-corrected chi connectivity index (χ2v) is 3.12. The Bertz CT molecular complexity index is 181. The molecule has 0 saturated heterocycles. The number of hydrogen-bond acceptors (Lipinski definition) is 4. The Labute approximate surface area is 91.6 Å². The van der Waals surface area contributed by atoms with Crippen LogP contribution in [0.5, 0.6) is 0 Å². The molecule has 0 saturated carbocycles. The van der Waals surface area contributed by atoms with E-state index in [1.807, 2.05) is 12.2 Å². The summed E-state index contributed by atoms with van der Waals surface area (Å²) >= 11 is 0. The summed E-state index contributed by atoms with van der Waals surface area (Å²) in [6, 6.07) is 0. The van der Waals surface area contributed by atoms with Gasteiger partial charge < -0.3 is 14.8 Å². The fourth-order valence-electron chi connectivity index (χ4n) is 0.879. The van der Waals surface area contributed by atoms with Gasteiger partial charge >= 0.3 is 0 Å². The van der Waals surface area contributed by atoms with Gasteiger partial charge in [-0.2, -0.15) is 0 Å². The zero-order chi connectivity index (χ0) is 11.4. The Hall–Kier alpha value is -0.710. The number of likely N-dealkylation sites (N-methyl/N-ethyl adjacent to an activating group) is 1. The smallest absolute Gasteiger partial charge is 0.155 e. The molecule has 0 bridgehead atoms. The van der Waals surface area contributed by atoms with Crippen LogP contribution in [-0.2, 0) is 14.3 Å². The summed E-state index contributed by atoms with van der Waals surface area (Å²) in [5, 5.41) is 3.16. The van der Waals surface area contributed by atoms with E-state index in [2.05, 4.69) is 12.2 Å². The lowest BCUT2D eigenvalue weighted by Crippen LogP contribution is -2.18. The number of hydrogen-bond donors (Lipinski definition) is 1. The van der Waals surface area contributed by atoms with Crippen LogP contribution in [-0.4, -0.2) is 45.3 Å². The van der Waals surface area contributed by atoms with Crippen LogP contribution < -0.4 is 5.32 Å². The molecule has 0 amide bonds. The molecule has 88 valence electrons. The normalized spacial score (nSPS) is 11.1. The van der Waals surface area contributed by atoms with Crippen molar-refractivity contribution in [3.8, 4) is 0 Å². The molecule has 15 heavy (non-hydrogen) atoms. The van der Waals surface area contributed by atoms with Gasteiger partial charge in [-0.1, -0.05) is 19.1 Å². The summed E-state index contributed by atoms with van der Waals surface area (Å²) in [6.07, 6.45) is 3.75. The van der Waals surface area contributed by atoms with Crippen molar-refractivity contribution < 1.29 is 14.3 Å². The lowest BCUT2D eigenvalue weighted by atomic mass is 10.5. The van der Waals surface area contributed by atoms with Crippen molar-refractivity contribution in [2.75, 3.05) is 39.5 Å². The largest absolute Gasteiger partial charge is 0.376 e. The number of ketones is 1. The minimum atomic E-state index is 0.0466. The fraction of sp³-hybridized carbons (Fsp3) is 0.727. The van der Waals surface area contributed by atoms with Gasteiger partial charge in [-0.3, -0.25) is 4.79 Å². The first-order valence-electron chi connectivity index (χ1n) is 5.28. The molecule has 1 N–H and O–H groups in total. The Balaban J connectivity index is 3.07. The lowest BCUT2D eigenvalue weighted by molar-refractivity contribution is -0.121. The van der Waals surface area contributed by atoms with Crippen LogP contribution in [0.4, 0.5) is 0 Å². The minimum absolute atomic E-state index is 0.0466.